The Morgan fingerprint density at radius 1 is 1.10 bits per heavy atom. The van der Waals surface area contributed by atoms with E-state index < -0.39 is 0 Å². The molecule has 4 rings (SSSR count). The molecule has 2 aliphatic rings. The zero-order chi connectivity index (χ0) is 13.5. The van der Waals surface area contributed by atoms with E-state index >= 15 is 0 Å². The molecule has 20 heavy (non-hydrogen) atoms. The second-order valence-corrected chi connectivity index (χ2v) is 5.04. The molecule has 0 radical (unpaired) electrons. The van der Waals surface area contributed by atoms with Gasteiger partial charge in [-0.05, 0) is 30.7 Å². The number of nitrogens with zero attached hydrogens (tertiary/aromatic N) is 3. The van der Waals surface area contributed by atoms with Crippen molar-refractivity contribution in [1.82, 2.24) is 4.98 Å². The highest BCUT2D eigenvalue weighted by molar-refractivity contribution is 6.22. The number of carbonyl (C=O) groups is 1. The maximum Gasteiger partial charge on any atom is 0.177 e. The van der Waals surface area contributed by atoms with E-state index in [1.54, 1.807) is 12.3 Å². The molecule has 0 bridgehead atoms. The zero-order valence-corrected chi connectivity index (χ0v) is 10.9. The second kappa shape index (κ2) is 4.27. The summed E-state index contributed by atoms with van der Waals surface area (Å²) in [4.78, 5) is 23.5. The van der Waals surface area contributed by atoms with Crippen molar-refractivity contribution in [3.8, 4) is 0 Å². The van der Waals surface area contributed by atoms with Gasteiger partial charge in [-0.15, -0.1) is 0 Å². The Kier molecular flexibility index (Phi) is 2.42. The number of amidine groups is 1. The van der Waals surface area contributed by atoms with Crippen molar-refractivity contribution in [2.45, 2.75) is 6.42 Å². The van der Waals surface area contributed by atoms with Gasteiger partial charge < -0.3 is 4.90 Å². The molecule has 1 fully saturated rings. The lowest BCUT2D eigenvalue weighted by atomic mass is 9.94. The van der Waals surface area contributed by atoms with Crippen LogP contribution in [0.4, 0.5) is 11.5 Å². The van der Waals surface area contributed by atoms with Crippen molar-refractivity contribution in [2.24, 2.45) is 10.9 Å². The minimum Gasteiger partial charge on any atom is -0.329 e. The van der Waals surface area contributed by atoms with E-state index in [4.69, 9.17) is 0 Å². The van der Waals surface area contributed by atoms with Gasteiger partial charge >= 0.3 is 0 Å². The summed E-state index contributed by atoms with van der Waals surface area (Å²) >= 11 is 0. The molecule has 2 aliphatic heterocycles. The van der Waals surface area contributed by atoms with Crippen LogP contribution in [0.15, 0.2) is 53.7 Å². The largest absolute Gasteiger partial charge is 0.329 e. The van der Waals surface area contributed by atoms with E-state index in [1.807, 2.05) is 36.4 Å². The van der Waals surface area contributed by atoms with Crippen LogP contribution in [-0.4, -0.2) is 23.1 Å². The minimum atomic E-state index is -0.119. The fraction of sp³-hybridized carbons (Fsp3) is 0.188. The molecule has 98 valence electrons. The van der Waals surface area contributed by atoms with Gasteiger partial charge in [-0.25, -0.2) is 9.98 Å². The Bertz CT molecular complexity index is 709. The number of pyridine rings is 1. The number of hydrogen-bond donors (Lipinski definition) is 0. The standard InChI is InChI=1S/C16H13N3O/c20-14-12-7-4-9-17-15(12)18-16-13(14)8-10-19(16)11-5-2-1-3-6-11/h1-7,9,13H,8,10H2. The summed E-state index contributed by atoms with van der Waals surface area (Å²) in [5.41, 5.74) is 1.73. The molecule has 1 unspecified atom stereocenters. The normalized spacial score (nSPS) is 20.4. The van der Waals surface area contributed by atoms with Crippen LogP contribution in [0.3, 0.4) is 0 Å². The van der Waals surface area contributed by atoms with E-state index in [2.05, 4.69) is 14.9 Å². The SMILES string of the molecule is O=C1c2cccnc2N=C2C1CCN2c1ccccc1. The molecule has 4 nitrogen and oxygen atoms in total. The number of Topliss-reactive ketones (excluding diaryl/α,β-unsaturated/α-hetero) is 1. The monoisotopic (exact) mass is 263 g/mol. The van der Waals surface area contributed by atoms with E-state index in [0.29, 0.717) is 11.4 Å². The molecular weight excluding hydrogens is 250 g/mol. The molecule has 0 amide bonds. The van der Waals surface area contributed by atoms with Crippen LogP contribution in [-0.2, 0) is 0 Å². The maximum atomic E-state index is 12.5. The van der Waals surface area contributed by atoms with E-state index in [0.717, 1.165) is 24.5 Å². The van der Waals surface area contributed by atoms with Crippen LogP contribution in [0.25, 0.3) is 0 Å². The highest BCUT2D eigenvalue weighted by Crippen LogP contribution is 2.35. The van der Waals surface area contributed by atoms with Gasteiger partial charge in [0.15, 0.2) is 11.6 Å². The number of para-hydroxylation sites is 1. The Balaban J connectivity index is 1.83. The second-order valence-electron chi connectivity index (χ2n) is 5.04. The number of carbonyl (C=O) groups excluding carboxylic acids is 1. The number of aliphatic imine (C=N–C) groups is 1. The third-order valence-electron chi connectivity index (χ3n) is 3.89. The predicted molar refractivity (Wildman–Crippen MR) is 77.6 cm³/mol. The van der Waals surface area contributed by atoms with Crippen LogP contribution in [0, 0.1) is 5.92 Å². The van der Waals surface area contributed by atoms with Gasteiger partial charge in [0.05, 0.1) is 11.5 Å². The summed E-state index contributed by atoms with van der Waals surface area (Å²) < 4.78 is 0. The molecular formula is C16H13N3O. The number of hydrogen-bond acceptors (Lipinski definition) is 4. The molecule has 2 aromatic rings. The highest BCUT2D eigenvalue weighted by atomic mass is 16.1. The molecule has 4 heteroatoms. The summed E-state index contributed by atoms with van der Waals surface area (Å²) in [7, 11) is 0. The smallest absolute Gasteiger partial charge is 0.177 e. The molecule has 1 aromatic carbocycles. The number of fused-ring (bicyclic) bond motifs is 2. The molecule has 0 saturated carbocycles. The highest BCUT2D eigenvalue weighted by Gasteiger charge is 2.39. The lowest BCUT2D eigenvalue weighted by molar-refractivity contribution is 0.0953. The van der Waals surface area contributed by atoms with Gasteiger partial charge in [0.2, 0.25) is 0 Å². The van der Waals surface area contributed by atoms with E-state index in [9.17, 15) is 4.79 Å². The third-order valence-corrected chi connectivity index (χ3v) is 3.89. The third kappa shape index (κ3) is 1.58. The summed E-state index contributed by atoms with van der Waals surface area (Å²) in [6.45, 7) is 0.827. The van der Waals surface area contributed by atoms with Gasteiger partial charge in [-0.3, -0.25) is 4.79 Å². The van der Waals surface area contributed by atoms with E-state index in [1.165, 1.54) is 0 Å². The first-order valence-corrected chi connectivity index (χ1v) is 6.75. The molecule has 0 aliphatic carbocycles. The van der Waals surface area contributed by atoms with Crippen LogP contribution in [0.5, 0.6) is 0 Å². The van der Waals surface area contributed by atoms with Crippen molar-refractivity contribution >= 4 is 23.1 Å². The predicted octanol–water partition coefficient (Wildman–Crippen LogP) is 2.83. The Labute approximate surface area is 116 Å². The van der Waals surface area contributed by atoms with Crippen molar-refractivity contribution in [2.75, 3.05) is 11.4 Å². The van der Waals surface area contributed by atoms with E-state index in [-0.39, 0.29) is 11.7 Å². The Morgan fingerprint density at radius 3 is 2.80 bits per heavy atom. The van der Waals surface area contributed by atoms with Crippen molar-refractivity contribution in [3.63, 3.8) is 0 Å². The van der Waals surface area contributed by atoms with Crippen LogP contribution >= 0.6 is 0 Å². The molecule has 1 atom stereocenters. The molecule has 3 heterocycles. The molecule has 1 saturated heterocycles. The quantitative estimate of drug-likeness (QED) is 0.794. The summed E-state index contributed by atoms with van der Waals surface area (Å²) in [6, 6.07) is 13.7. The summed E-state index contributed by atoms with van der Waals surface area (Å²) in [5.74, 6) is 1.42. The summed E-state index contributed by atoms with van der Waals surface area (Å²) in [6.07, 6.45) is 2.50. The van der Waals surface area contributed by atoms with Crippen molar-refractivity contribution < 1.29 is 4.79 Å². The summed E-state index contributed by atoms with van der Waals surface area (Å²) in [5, 5.41) is 0. The number of anilines is 1. The molecule has 0 N–H and O–H groups in total. The average molecular weight is 263 g/mol. The molecule has 1 aromatic heterocycles. The first kappa shape index (κ1) is 11.3. The number of aromatic nitrogens is 1. The van der Waals surface area contributed by atoms with Crippen LogP contribution in [0.1, 0.15) is 16.8 Å². The van der Waals surface area contributed by atoms with Gasteiger partial charge in [-0.1, -0.05) is 18.2 Å². The minimum absolute atomic E-state index is 0.119. The van der Waals surface area contributed by atoms with Crippen LogP contribution in [0.2, 0.25) is 0 Å². The first-order chi connectivity index (χ1) is 9.84. The topological polar surface area (TPSA) is 45.6 Å². The van der Waals surface area contributed by atoms with Gasteiger partial charge in [0.1, 0.15) is 5.84 Å². The van der Waals surface area contributed by atoms with Crippen molar-refractivity contribution in [3.05, 3.63) is 54.2 Å². The number of ketones is 1. The Hall–Kier alpha value is -2.49. The first-order valence-electron chi connectivity index (χ1n) is 6.75. The number of benzene rings is 1. The lowest BCUT2D eigenvalue weighted by Gasteiger charge is -2.23. The van der Waals surface area contributed by atoms with Gasteiger partial charge in [0.25, 0.3) is 0 Å². The van der Waals surface area contributed by atoms with Crippen molar-refractivity contribution in [1.29, 1.82) is 0 Å². The van der Waals surface area contributed by atoms with Gasteiger partial charge in [-0.2, -0.15) is 0 Å². The Morgan fingerprint density at radius 2 is 1.95 bits per heavy atom. The van der Waals surface area contributed by atoms with Crippen LogP contribution < -0.4 is 4.90 Å². The average Bonchev–Trinajstić information content (AvgIpc) is 2.92. The van der Waals surface area contributed by atoms with Gasteiger partial charge in [0, 0.05) is 18.4 Å². The fourth-order valence-corrected chi connectivity index (χ4v) is 2.92. The number of rotatable bonds is 1. The lowest BCUT2D eigenvalue weighted by Crippen LogP contribution is -2.32. The molecule has 0 spiro atoms. The fourth-order valence-electron chi connectivity index (χ4n) is 2.92. The zero-order valence-electron chi connectivity index (χ0n) is 10.9. The maximum absolute atomic E-state index is 12.5.